The molecule has 5 N–H and O–H groups in total. The number of hydrogen-bond donors (Lipinski definition) is 4. The van der Waals surface area contributed by atoms with Crippen molar-refractivity contribution in [3.63, 3.8) is 0 Å². The number of benzene rings is 4. The molecule has 0 spiro atoms. The lowest BCUT2D eigenvalue weighted by atomic mass is 9.99. The molecule has 10 nitrogen and oxygen atoms in total. The second-order valence-electron chi connectivity index (χ2n) is 10.2. The SMILES string of the molecule is CC(=O)c1ccc(NC(=O)O[C@@H](c2ccccc2OCCO)[C@H](CC/C=C/C(=O)Nc2ccccc2N)Oc2ccccc2)cc1. The van der Waals surface area contributed by atoms with Crippen LogP contribution in [0.15, 0.2) is 115 Å². The highest BCUT2D eigenvalue weighted by molar-refractivity contribution is 6.01. The summed E-state index contributed by atoms with van der Waals surface area (Å²) in [6.07, 6.45) is 1.39. The fourth-order valence-electron chi connectivity index (χ4n) is 4.58. The van der Waals surface area contributed by atoms with Crippen molar-refractivity contribution in [1.29, 1.82) is 0 Å². The van der Waals surface area contributed by atoms with E-state index in [9.17, 15) is 19.5 Å². The van der Waals surface area contributed by atoms with Crippen molar-refractivity contribution in [1.82, 2.24) is 0 Å². The molecule has 4 aromatic rings. The summed E-state index contributed by atoms with van der Waals surface area (Å²) in [4.78, 5) is 37.5. The van der Waals surface area contributed by atoms with Crippen molar-refractivity contribution in [3.8, 4) is 11.5 Å². The number of carbonyl (C=O) groups is 3. The average molecular weight is 624 g/mol. The zero-order valence-electron chi connectivity index (χ0n) is 25.4. The monoisotopic (exact) mass is 623 g/mol. The van der Waals surface area contributed by atoms with Crippen molar-refractivity contribution < 1.29 is 33.7 Å². The van der Waals surface area contributed by atoms with E-state index in [1.807, 2.05) is 18.2 Å². The normalized spacial score (nSPS) is 12.1. The molecule has 0 saturated heterocycles. The van der Waals surface area contributed by atoms with Crippen LogP contribution in [0.1, 0.15) is 41.8 Å². The van der Waals surface area contributed by atoms with E-state index in [1.54, 1.807) is 91.0 Å². The number of rotatable bonds is 15. The van der Waals surface area contributed by atoms with Crippen molar-refractivity contribution in [2.75, 3.05) is 29.6 Å². The van der Waals surface area contributed by atoms with Gasteiger partial charge < -0.3 is 30.4 Å². The Balaban J connectivity index is 1.59. The summed E-state index contributed by atoms with van der Waals surface area (Å²) in [6.45, 7) is 1.29. The number of aliphatic hydroxyl groups excluding tert-OH is 1. The molecule has 0 unspecified atom stereocenters. The summed E-state index contributed by atoms with van der Waals surface area (Å²) >= 11 is 0. The van der Waals surface area contributed by atoms with Crippen LogP contribution in [0.25, 0.3) is 0 Å². The summed E-state index contributed by atoms with van der Waals surface area (Å²) < 4.78 is 18.2. The van der Waals surface area contributed by atoms with E-state index in [2.05, 4.69) is 10.6 Å². The first kappa shape index (κ1) is 33.3. The number of ether oxygens (including phenoxy) is 3. The molecule has 0 fully saturated rings. The molecule has 2 amide bonds. The van der Waals surface area contributed by atoms with Gasteiger partial charge in [-0.3, -0.25) is 14.9 Å². The Kier molecular flexibility index (Phi) is 12.3. The van der Waals surface area contributed by atoms with Crippen molar-refractivity contribution in [2.45, 2.75) is 32.0 Å². The van der Waals surface area contributed by atoms with Crippen LogP contribution < -0.4 is 25.8 Å². The highest BCUT2D eigenvalue weighted by Crippen LogP contribution is 2.35. The van der Waals surface area contributed by atoms with Crippen LogP contribution in [0.4, 0.5) is 21.9 Å². The smallest absolute Gasteiger partial charge is 0.412 e. The standard InChI is InChI=1S/C36H37N3O7/c1-25(41)26-19-21-27(22-20-26)38-36(43)46-35(29-13-5-8-16-32(29)44-24-23-40)33(45-28-11-3-2-4-12-28)17-9-10-18-34(42)39-31-15-7-6-14-30(31)37/h2-8,10-16,18-22,33,35,40H,9,17,23-24,37H2,1H3,(H,38,43)(H,39,42)/b18-10+/t33-,35-/m0/s1. The lowest BCUT2D eigenvalue weighted by Crippen LogP contribution is -2.31. The second-order valence-corrected chi connectivity index (χ2v) is 10.2. The van der Waals surface area contributed by atoms with E-state index in [0.717, 1.165) is 0 Å². The molecule has 46 heavy (non-hydrogen) atoms. The molecule has 0 bridgehead atoms. The van der Waals surface area contributed by atoms with Gasteiger partial charge in [0.05, 0.1) is 18.0 Å². The van der Waals surface area contributed by atoms with Crippen LogP contribution in [0.3, 0.4) is 0 Å². The van der Waals surface area contributed by atoms with Gasteiger partial charge in [0.25, 0.3) is 0 Å². The van der Waals surface area contributed by atoms with Gasteiger partial charge in [-0.25, -0.2) is 4.79 Å². The van der Waals surface area contributed by atoms with Crippen molar-refractivity contribution in [2.24, 2.45) is 0 Å². The van der Waals surface area contributed by atoms with Crippen LogP contribution in [-0.4, -0.2) is 42.2 Å². The van der Waals surface area contributed by atoms with Gasteiger partial charge in [0.1, 0.15) is 24.2 Å². The molecule has 0 aromatic heterocycles. The fourth-order valence-corrected chi connectivity index (χ4v) is 4.58. The molecular formula is C36H37N3O7. The number of nitrogen functional groups attached to an aromatic ring is 1. The van der Waals surface area contributed by atoms with Gasteiger partial charge in [-0.15, -0.1) is 0 Å². The van der Waals surface area contributed by atoms with Gasteiger partial charge in [0, 0.05) is 16.8 Å². The number of nitrogens with one attached hydrogen (secondary N) is 2. The summed E-state index contributed by atoms with van der Waals surface area (Å²) in [5.41, 5.74) is 8.38. The number of aliphatic hydroxyl groups is 1. The number of Topliss-reactive ketones (excluding diaryl/α,β-unsaturated/α-hetero) is 1. The van der Waals surface area contributed by atoms with Crippen LogP contribution >= 0.6 is 0 Å². The van der Waals surface area contributed by atoms with Crippen LogP contribution in [-0.2, 0) is 9.53 Å². The highest BCUT2D eigenvalue weighted by Gasteiger charge is 2.31. The minimum atomic E-state index is -0.974. The molecule has 2 atom stereocenters. The molecule has 0 radical (unpaired) electrons. The highest BCUT2D eigenvalue weighted by atomic mass is 16.6. The maximum atomic E-state index is 13.3. The van der Waals surface area contributed by atoms with Gasteiger partial charge >= 0.3 is 6.09 Å². The predicted octanol–water partition coefficient (Wildman–Crippen LogP) is 6.56. The number of allylic oxidation sites excluding steroid dienone is 1. The van der Waals surface area contributed by atoms with Crippen molar-refractivity contribution >= 4 is 34.8 Å². The largest absolute Gasteiger partial charge is 0.491 e. The zero-order valence-corrected chi connectivity index (χ0v) is 25.4. The van der Waals surface area contributed by atoms with Crippen molar-refractivity contribution in [3.05, 3.63) is 126 Å². The quantitative estimate of drug-likeness (QED) is 0.0661. The summed E-state index contributed by atoms with van der Waals surface area (Å²) in [7, 11) is 0. The maximum absolute atomic E-state index is 13.3. The van der Waals surface area contributed by atoms with E-state index >= 15 is 0 Å². The van der Waals surface area contributed by atoms with E-state index < -0.39 is 18.3 Å². The molecule has 0 saturated carbocycles. The number of anilines is 3. The predicted molar refractivity (Wildman–Crippen MR) is 177 cm³/mol. The zero-order chi connectivity index (χ0) is 32.7. The van der Waals surface area contributed by atoms with Crippen LogP contribution in [0, 0.1) is 0 Å². The summed E-state index contributed by atoms with van der Waals surface area (Å²) in [5, 5.41) is 14.9. The molecule has 238 valence electrons. The Labute approximate surface area is 267 Å². The first-order valence-corrected chi connectivity index (χ1v) is 14.8. The number of ketones is 1. The molecule has 10 heteroatoms. The van der Waals surface area contributed by atoms with Gasteiger partial charge in [-0.1, -0.05) is 54.6 Å². The molecular weight excluding hydrogens is 586 g/mol. The second kappa shape index (κ2) is 17.0. The maximum Gasteiger partial charge on any atom is 0.412 e. The molecule has 0 aliphatic heterocycles. The minimum Gasteiger partial charge on any atom is -0.491 e. The third kappa shape index (κ3) is 9.96. The fraction of sp³-hybridized carbons (Fsp3) is 0.194. The van der Waals surface area contributed by atoms with Gasteiger partial charge in [-0.05, 0) is 80.4 Å². The number of carbonyl (C=O) groups excluding carboxylic acids is 3. The lowest BCUT2D eigenvalue weighted by Gasteiger charge is -2.29. The number of amides is 2. The molecule has 4 aromatic carbocycles. The topological polar surface area (TPSA) is 149 Å². The average Bonchev–Trinajstić information content (AvgIpc) is 3.06. The lowest BCUT2D eigenvalue weighted by molar-refractivity contribution is -0.111. The Bertz CT molecular complexity index is 1620. The van der Waals surface area contributed by atoms with E-state index in [-0.39, 0.29) is 24.9 Å². The third-order valence-corrected chi connectivity index (χ3v) is 6.82. The molecule has 4 rings (SSSR count). The van der Waals surface area contributed by atoms with E-state index in [0.29, 0.717) is 52.5 Å². The molecule has 0 heterocycles. The van der Waals surface area contributed by atoms with Crippen LogP contribution in [0.5, 0.6) is 11.5 Å². The minimum absolute atomic E-state index is 0.0341. The summed E-state index contributed by atoms with van der Waals surface area (Å²) in [6, 6.07) is 29.6. The number of hydrogen-bond acceptors (Lipinski definition) is 8. The van der Waals surface area contributed by atoms with Gasteiger partial charge in [0.2, 0.25) is 5.91 Å². The van der Waals surface area contributed by atoms with E-state index in [1.165, 1.54) is 13.0 Å². The van der Waals surface area contributed by atoms with Gasteiger partial charge in [0.15, 0.2) is 11.9 Å². The number of para-hydroxylation sites is 4. The first-order chi connectivity index (χ1) is 22.3. The van der Waals surface area contributed by atoms with E-state index in [4.69, 9.17) is 19.9 Å². The molecule has 0 aliphatic rings. The molecule has 0 aliphatic carbocycles. The van der Waals surface area contributed by atoms with Gasteiger partial charge in [-0.2, -0.15) is 0 Å². The Morgan fingerprint density at radius 3 is 2.28 bits per heavy atom. The first-order valence-electron chi connectivity index (χ1n) is 14.8. The third-order valence-electron chi connectivity index (χ3n) is 6.82. The Morgan fingerprint density at radius 1 is 0.870 bits per heavy atom. The van der Waals surface area contributed by atoms with Crippen LogP contribution in [0.2, 0.25) is 0 Å². The number of nitrogens with two attached hydrogens (primary N) is 1. The summed E-state index contributed by atoms with van der Waals surface area (Å²) in [5.74, 6) is 0.531. The Hall–Kier alpha value is -5.61. The Morgan fingerprint density at radius 2 is 1.57 bits per heavy atom.